The first-order chi connectivity index (χ1) is 7.67. The van der Waals surface area contributed by atoms with Crippen LogP contribution in [0.25, 0.3) is 10.9 Å². The number of nitrogens with one attached hydrogen (secondary N) is 1. The summed E-state index contributed by atoms with van der Waals surface area (Å²) in [5, 5.41) is 1.74. The van der Waals surface area contributed by atoms with Gasteiger partial charge in [0.15, 0.2) is 0 Å². The highest BCUT2D eigenvalue weighted by Crippen LogP contribution is 2.28. The van der Waals surface area contributed by atoms with Crippen molar-refractivity contribution in [1.29, 1.82) is 0 Å². The van der Waals surface area contributed by atoms with E-state index in [9.17, 15) is 0 Å². The summed E-state index contributed by atoms with van der Waals surface area (Å²) in [6.45, 7) is 4.12. The van der Waals surface area contributed by atoms with Gasteiger partial charge in [0.1, 0.15) is 5.82 Å². The number of anilines is 1. The van der Waals surface area contributed by atoms with Crippen molar-refractivity contribution in [2.75, 3.05) is 5.43 Å². The molecular formula is C12H14ClN3. The van der Waals surface area contributed by atoms with Gasteiger partial charge in [0.2, 0.25) is 0 Å². The summed E-state index contributed by atoms with van der Waals surface area (Å²) < 4.78 is 0. The summed E-state index contributed by atoms with van der Waals surface area (Å²) in [5.74, 6) is 6.15. The fourth-order valence-electron chi connectivity index (χ4n) is 1.80. The van der Waals surface area contributed by atoms with Crippen LogP contribution in [0.15, 0.2) is 18.2 Å². The monoisotopic (exact) mass is 235 g/mol. The molecular weight excluding hydrogens is 222 g/mol. The Morgan fingerprint density at radius 2 is 2.19 bits per heavy atom. The second-order valence-electron chi connectivity index (χ2n) is 3.75. The molecule has 0 unspecified atom stereocenters. The maximum atomic E-state index is 6.12. The predicted octanol–water partition coefficient (Wildman–Crippen LogP) is 3.04. The number of fused-ring (bicyclic) bond motifs is 1. The maximum absolute atomic E-state index is 6.12. The van der Waals surface area contributed by atoms with Crippen molar-refractivity contribution in [2.45, 2.75) is 20.3 Å². The summed E-state index contributed by atoms with van der Waals surface area (Å²) in [7, 11) is 0. The van der Waals surface area contributed by atoms with Gasteiger partial charge < -0.3 is 5.43 Å². The molecule has 3 N–H and O–H groups in total. The zero-order valence-corrected chi connectivity index (χ0v) is 10.1. The Morgan fingerprint density at radius 3 is 2.81 bits per heavy atom. The van der Waals surface area contributed by atoms with E-state index in [1.165, 1.54) is 5.56 Å². The SMILES string of the molecule is CCc1cc2c(C)ccc(Cl)c2nc1NN. The molecule has 0 radical (unpaired) electrons. The smallest absolute Gasteiger partial charge is 0.143 e. The molecule has 84 valence electrons. The molecule has 3 nitrogen and oxygen atoms in total. The second kappa shape index (κ2) is 4.28. The van der Waals surface area contributed by atoms with Crippen molar-refractivity contribution in [3.8, 4) is 0 Å². The highest BCUT2D eigenvalue weighted by Gasteiger charge is 2.08. The zero-order chi connectivity index (χ0) is 11.7. The number of hydrogen-bond donors (Lipinski definition) is 2. The molecule has 0 atom stereocenters. The van der Waals surface area contributed by atoms with E-state index in [4.69, 9.17) is 17.4 Å². The molecule has 4 heteroatoms. The van der Waals surface area contributed by atoms with E-state index in [0.29, 0.717) is 10.8 Å². The van der Waals surface area contributed by atoms with Gasteiger partial charge in [0.05, 0.1) is 10.5 Å². The van der Waals surface area contributed by atoms with Gasteiger partial charge in [-0.25, -0.2) is 10.8 Å². The first kappa shape index (κ1) is 11.2. The lowest BCUT2D eigenvalue weighted by Crippen LogP contribution is -2.11. The first-order valence-corrected chi connectivity index (χ1v) is 5.60. The van der Waals surface area contributed by atoms with E-state index < -0.39 is 0 Å². The average molecular weight is 236 g/mol. The zero-order valence-electron chi connectivity index (χ0n) is 9.34. The molecule has 0 spiro atoms. The molecule has 0 saturated heterocycles. The van der Waals surface area contributed by atoms with E-state index in [-0.39, 0.29) is 0 Å². The van der Waals surface area contributed by atoms with Gasteiger partial charge in [-0.1, -0.05) is 24.6 Å². The lowest BCUT2D eigenvalue weighted by molar-refractivity contribution is 1.10. The fourth-order valence-corrected chi connectivity index (χ4v) is 2.01. The Labute approximate surface area is 99.6 Å². The standard InChI is InChI=1S/C12H14ClN3/c1-3-8-6-9-7(2)4-5-10(13)11(9)15-12(8)16-14/h4-6H,3,14H2,1-2H3,(H,15,16). The number of benzene rings is 1. The van der Waals surface area contributed by atoms with Crippen LogP contribution in [0.4, 0.5) is 5.82 Å². The predicted molar refractivity (Wildman–Crippen MR) is 68.7 cm³/mol. The Kier molecular flexibility index (Phi) is 2.99. The summed E-state index contributed by atoms with van der Waals surface area (Å²) in [6, 6.07) is 5.96. The molecule has 0 bridgehead atoms. The number of nitrogens with two attached hydrogens (primary N) is 1. The summed E-state index contributed by atoms with van der Waals surface area (Å²) >= 11 is 6.12. The van der Waals surface area contributed by atoms with Crippen LogP contribution in [0.1, 0.15) is 18.1 Å². The van der Waals surface area contributed by atoms with Crippen LogP contribution >= 0.6 is 11.6 Å². The second-order valence-corrected chi connectivity index (χ2v) is 4.16. The van der Waals surface area contributed by atoms with Gasteiger partial charge in [-0.2, -0.15) is 0 Å². The van der Waals surface area contributed by atoms with Gasteiger partial charge in [0.25, 0.3) is 0 Å². The average Bonchev–Trinajstić information content (AvgIpc) is 2.32. The Balaban J connectivity index is 2.82. The third kappa shape index (κ3) is 1.72. The van der Waals surface area contributed by atoms with Gasteiger partial charge in [-0.3, -0.25) is 0 Å². The molecule has 2 aromatic rings. The van der Waals surface area contributed by atoms with Crippen LogP contribution in [-0.2, 0) is 6.42 Å². The molecule has 0 saturated carbocycles. The van der Waals surface area contributed by atoms with Crippen molar-refractivity contribution < 1.29 is 0 Å². The van der Waals surface area contributed by atoms with E-state index in [1.54, 1.807) is 0 Å². The lowest BCUT2D eigenvalue weighted by Gasteiger charge is -2.10. The number of nitrogen functional groups attached to an aromatic ring is 1. The number of nitrogens with zero attached hydrogens (tertiary/aromatic N) is 1. The van der Waals surface area contributed by atoms with Gasteiger partial charge >= 0.3 is 0 Å². The molecule has 1 aromatic heterocycles. The van der Waals surface area contributed by atoms with Crippen LogP contribution in [-0.4, -0.2) is 4.98 Å². The van der Waals surface area contributed by atoms with Crippen LogP contribution < -0.4 is 11.3 Å². The number of halogens is 1. The van der Waals surface area contributed by atoms with E-state index in [2.05, 4.69) is 30.3 Å². The van der Waals surface area contributed by atoms with Crippen molar-refractivity contribution in [3.05, 3.63) is 34.3 Å². The number of aryl methyl sites for hydroxylation is 2. The largest absolute Gasteiger partial charge is 0.308 e. The summed E-state index contributed by atoms with van der Waals surface area (Å²) in [5.41, 5.74) is 5.68. The molecule has 0 amide bonds. The van der Waals surface area contributed by atoms with Crippen molar-refractivity contribution >= 4 is 28.3 Å². The van der Waals surface area contributed by atoms with Gasteiger partial charge in [-0.05, 0) is 36.6 Å². The molecule has 2 rings (SSSR count). The van der Waals surface area contributed by atoms with Crippen molar-refractivity contribution in [1.82, 2.24) is 4.98 Å². The molecule has 0 aliphatic rings. The number of pyridine rings is 1. The quantitative estimate of drug-likeness (QED) is 0.621. The highest BCUT2D eigenvalue weighted by molar-refractivity contribution is 6.35. The van der Waals surface area contributed by atoms with E-state index in [1.807, 2.05) is 12.1 Å². The third-order valence-corrected chi connectivity index (χ3v) is 3.05. The number of hydrazine groups is 1. The Hall–Kier alpha value is -1.32. The van der Waals surface area contributed by atoms with E-state index in [0.717, 1.165) is 22.9 Å². The Morgan fingerprint density at radius 1 is 1.44 bits per heavy atom. The minimum Gasteiger partial charge on any atom is -0.308 e. The molecule has 0 aliphatic heterocycles. The first-order valence-electron chi connectivity index (χ1n) is 5.22. The van der Waals surface area contributed by atoms with E-state index >= 15 is 0 Å². The van der Waals surface area contributed by atoms with Crippen LogP contribution in [0.3, 0.4) is 0 Å². The van der Waals surface area contributed by atoms with Gasteiger partial charge in [0, 0.05) is 5.39 Å². The van der Waals surface area contributed by atoms with Crippen molar-refractivity contribution in [3.63, 3.8) is 0 Å². The van der Waals surface area contributed by atoms with Crippen LogP contribution in [0, 0.1) is 6.92 Å². The number of hydrogen-bond acceptors (Lipinski definition) is 3. The lowest BCUT2D eigenvalue weighted by atomic mass is 10.1. The topological polar surface area (TPSA) is 50.9 Å². The minimum absolute atomic E-state index is 0.653. The fraction of sp³-hybridized carbons (Fsp3) is 0.250. The van der Waals surface area contributed by atoms with Crippen LogP contribution in [0.5, 0.6) is 0 Å². The van der Waals surface area contributed by atoms with Crippen LogP contribution in [0.2, 0.25) is 5.02 Å². The molecule has 1 heterocycles. The van der Waals surface area contributed by atoms with Gasteiger partial charge in [-0.15, -0.1) is 0 Å². The summed E-state index contributed by atoms with van der Waals surface area (Å²) in [6.07, 6.45) is 0.883. The molecule has 0 aliphatic carbocycles. The van der Waals surface area contributed by atoms with Crippen molar-refractivity contribution in [2.24, 2.45) is 5.84 Å². The normalized spacial score (nSPS) is 10.8. The minimum atomic E-state index is 0.653. The maximum Gasteiger partial charge on any atom is 0.143 e. The molecule has 1 aromatic carbocycles. The summed E-state index contributed by atoms with van der Waals surface area (Å²) in [4.78, 5) is 4.46. The Bertz CT molecular complexity index is 489. The highest BCUT2D eigenvalue weighted by atomic mass is 35.5. The third-order valence-electron chi connectivity index (χ3n) is 2.75. The number of aromatic nitrogens is 1. The molecule has 16 heavy (non-hydrogen) atoms. The number of rotatable bonds is 2. The molecule has 0 fully saturated rings.